The van der Waals surface area contributed by atoms with Crippen LogP contribution < -0.4 is 10.2 Å². The molecule has 0 saturated carbocycles. The SMILES string of the molecule is O=C(N/N=C\c1ccc(OCc2ccccc2F)cc1)c1ccc(Cl)c(Cl)c1. The molecule has 7 heteroatoms. The number of nitrogens with one attached hydrogen (secondary N) is 1. The molecule has 0 unspecified atom stereocenters. The zero-order valence-corrected chi connectivity index (χ0v) is 16.0. The molecule has 3 aromatic rings. The van der Waals surface area contributed by atoms with Gasteiger partial charge in [0.15, 0.2) is 0 Å². The number of benzene rings is 3. The predicted molar refractivity (Wildman–Crippen MR) is 109 cm³/mol. The van der Waals surface area contributed by atoms with Crippen molar-refractivity contribution in [3.8, 4) is 5.75 Å². The lowest BCUT2D eigenvalue weighted by molar-refractivity contribution is 0.0955. The molecule has 0 aliphatic carbocycles. The molecule has 3 rings (SSSR count). The number of amides is 1. The molecule has 0 atom stereocenters. The minimum absolute atomic E-state index is 0.139. The van der Waals surface area contributed by atoms with Gasteiger partial charge in [-0.05, 0) is 54.1 Å². The first-order chi connectivity index (χ1) is 13.5. The van der Waals surface area contributed by atoms with Gasteiger partial charge in [-0.3, -0.25) is 4.79 Å². The van der Waals surface area contributed by atoms with Crippen molar-refractivity contribution >= 4 is 35.3 Å². The molecular weight excluding hydrogens is 402 g/mol. The van der Waals surface area contributed by atoms with Gasteiger partial charge in [0.25, 0.3) is 5.91 Å². The van der Waals surface area contributed by atoms with Crippen molar-refractivity contribution in [2.75, 3.05) is 0 Å². The summed E-state index contributed by atoms with van der Waals surface area (Å²) in [4.78, 5) is 12.0. The van der Waals surface area contributed by atoms with Crippen LogP contribution in [0.25, 0.3) is 0 Å². The molecule has 0 bridgehead atoms. The highest BCUT2D eigenvalue weighted by Gasteiger charge is 2.07. The highest BCUT2D eigenvalue weighted by atomic mass is 35.5. The lowest BCUT2D eigenvalue weighted by atomic mass is 10.2. The van der Waals surface area contributed by atoms with Crippen LogP contribution in [0.15, 0.2) is 71.8 Å². The molecule has 142 valence electrons. The minimum Gasteiger partial charge on any atom is -0.489 e. The highest BCUT2D eigenvalue weighted by Crippen LogP contribution is 2.22. The third-order valence-corrected chi connectivity index (χ3v) is 4.53. The molecular formula is C21H15Cl2FN2O2. The van der Waals surface area contributed by atoms with Crippen molar-refractivity contribution in [1.29, 1.82) is 0 Å². The van der Waals surface area contributed by atoms with Gasteiger partial charge >= 0.3 is 0 Å². The quantitative estimate of drug-likeness (QED) is 0.427. The Balaban J connectivity index is 1.54. The van der Waals surface area contributed by atoms with E-state index < -0.39 is 5.91 Å². The van der Waals surface area contributed by atoms with Crippen molar-refractivity contribution in [3.63, 3.8) is 0 Å². The average molecular weight is 417 g/mol. The molecule has 0 aliphatic rings. The number of hydrazone groups is 1. The van der Waals surface area contributed by atoms with Crippen LogP contribution in [-0.4, -0.2) is 12.1 Å². The van der Waals surface area contributed by atoms with E-state index in [0.717, 1.165) is 5.56 Å². The van der Waals surface area contributed by atoms with Gasteiger partial charge in [-0.15, -0.1) is 0 Å². The maximum absolute atomic E-state index is 13.6. The van der Waals surface area contributed by atoms with Crippen LogP contribution in [-0.2, 0) is 6.61 Å². The van der Waals surface area contributed by atoms with Gasteiger partial charge in [0.2, 0.25) is 0 Å². The molecule has 1 N–H and O–H groups in total. The first kappa shape index (κ1) is 19.9. The van der Waals surface area contributed by atoms with Crippen LogP contribution in [0.1, 0.15) is 21.5 Å². The van der Waals surface area contributed by atoms with Crippen molar-refractivity contribution < 1.29 is 13.9 Å². The molecule has 0 spiro atoms. The molecule has 0 aromatic heterocycles. The Morgan fingerprint density at radius 2 is 1.79 bits per heavy atom. The summed E-state index contributed by atoms with van der Waals surface area (Å²) in [7, 11) is 0. The van der Waals surface area contributed by atoms with E-state index in [1.807, 2.05) is 0 Å². The number of hydrogen-bond acceptors (Lipinski definition) is 3. The highest BCUT2D eigenvalue weighted by molar-refractivity contribution is 6.42. The van der Waals surface area contributed by atoms with E-state index in [1.54, 1.807) is 54.6 Å². The first-order valence-electron chi connectivity index (χ1n) is 8.27. The Bertz CT molecular complexity index is 1010. The Labute approximate surface area is 171 Å². The second-order valence-electron chi connectivity index (χ2n) is 5.78. The number of hydrogen-bond donors (Lipinski definition) is 1. The zero-order valence-electron chi connectivity index (χ0n) is 14.5. The number of rotatable bonds is 6. The van der Waals surface area contributed by atoms with Gasteiger partial charge in [-0.25, -0.2) is 9.82 Å². The second kappa shape index (κ2) is 9.35. The van der Waals surface area contributed by atoms with E-state index in [9.17, 15) is 9.18 Å². The molecule has 0 radical (unpaired) electrons. The molecule has 4 nitrogen and oxygen atoms in total. The van der Waals surface area contributed by atoms with Crippen LogP contribution in [0.2, 0.25) is 10.0 Å². The van der Waals surface area contributed by atoms with Crippen molar-refractivity contribution in [2.45, 2.75) is 6.61 Å². The summed E-state index contributed by atoms with van der Waals surface area (Å²) in [5.74, 6) is -0.108. The molecule has 28 heavy (non-hydrogen) atoms. The summed E-state index contributed by atoms with van der Waals surface area (Å²) < 4.78 is 19.2. The van der Waals surface area contributed by atoms with Gasteiger partial charge in [-0.1, -0.05) is 41.4 Å². The number of nitrogens with zero attached hydrogens (tertiary/aromatic N) is 1. The van der Waals surface area contributed by atoms with Crippen LogP contribution in [0.4, 0.5) is 4.39 Å². The number of carbonyl (C=O) groups is 1. The lowest BCUT2D eigenvalue weighted by Crippen LogP contribution is -2.17. The fraction of sp³-hybridized carbons (Fsp3) is 0.0476. The maximum Gasteiger partial charge on any atom is 0.271 e. The Kier molecular flexibility index (Phi) is 6.63. The Hall–Kier alpha value is -2.89. The van der Waals surface area contributed by atoms with Gasteiger partial charge in [0.1, 0.15) is 18.2 Å². The van der Waals surface area contributed by atoms with Gasteiger partial charge in [0.05, 0.1) is 16.3 Å². The number of halogens is 3. The van der Waals surface area contributed by atoms with E-state index in [-0.39, 0.29) is 12.4 Å². The van der Waals surface area contributed by atoms with E-state index in [0.29, 0.717) is 26.9 Å². The van der Waals surface area contributed by atoms with E-state index in [4.69, 9.17) is 27.9 Å². The van der Waals surface area contributed by atoms with Gasteiger partial charge in [-0.2, -0.15) is 5.10 Å². The summed E-state index contributed by atoms with van der Waals surface area (Å²) in [6, 6.07) is 18.0. The van der Waals surface area contributed by atoms with Crippen LogP contribution in [0.5, 0.6) is 5.75 Å². The first-order valence-corrected chi connectivity index (χ1v) is 9.03. The number of ether oxygens (including phenoxy) is 1. The largest absolute Gasteiger partial charge is 0.489 e. The van der Waals surface area contributed by atoms with Crippen LogP contribution >= 0.6 is 23.2 Å². The van der Waals surface area contributed by atoms with Crippen LogP contribution in [0, 0.1) is 5.82 Å². The summed E-state index contributed by atoms with van der Waals surface area (Å²) in [6.07, 6.45) is 1.50. The molecule has 3 aromatic carbocycles. The Morgan fingerprint density at radius 1 is 1.04 bits per heavy atom. The normalized spacial score (nSPS) is 10.8. The summed E-state index contributed by atoms with van der Waals surface area (Å²) in [6.45, 7) is 0.139. The molecule has 0 fully saturated rings. The van der Waals surface area contributed by atoms with Crippen molar-refractivity contribution in [1.82, 2.24) is 5.43 Å². The standard InChI is InChI=1S/C21H15Cl2FN2O2/c22-18-10-7-15(11-19(18)23)21(27)26-25-12-14-5-8-17(9-6-14)28-13-16-3-1-2-4-20(16)24/h1-12H,13H2,(H,26,27)/b25-12-. The molecule has 0 aliphatic heterocycles. The Morgan fingerprint density at radius 3 is 2.50 bits per heavy atom. The van der Waals surface area contributed by atoms with Crippen molar-refractivity contribution in [3.05, 3.63) is 99.3 Å². The maximum atomic E-state index is 13.6. The average Bonchev–Trinajstić information content (AvgIpc) is 2.70. The van der Waals surface area contributed by atoms with E-state index in [1.165, 1.54) is 18.3 Å². The van der Waals surface area contributed by atoms with E-state index >= 15 is 0 Å². The van der Waals surface area contributed by atoms with E-state index in [2.05, 4.69) is 10.5 Å². The monoisotopic (exact) mass is 416 g/mol. The lowest BCUT2D eigenvalue weighted by Gasteiger charge is -2.07. The fourth-order valence-corrected chi connectivity index (χ4v) is 2.59. The minimum atomic E-state index is -0.403. The second-order valence-corrected chi connectivity index (χ2v) is 6.59. The summed E-state index contributed by atoms with van der Waals surface area (Å²) in [5.41, 5.74) is 4.01. The summed E-state index contributed by atoms with van der Waals surface area (Å²) >= 11 is 11.7. The fourth-order valence-electron chi connectivity index (χ4n) is 2.29. The third-order valence-electron chi connectivity index (χ3n) is 3.79. The number of carbonyl (C=O) groups excluding carboxylic acids is 1. The van der Waals surface area contributed by atoms with Gasteiger partial charge < -0.3 is 4.74 Å². The van der Waals surface area contributed by atoms with Gasteiger partial charge in [0, 0.05) is 11.1 Å². The smallest absolute Gasteiger partial charge is 0.271 e. The zero-order chi connectivity index (χ0) is 19.9. The molecule has 0 saturated heterocycles. The topological polar surface area (TPSA) is 50.7 Å². The van der Waals surface area contributed by atoms with Crippen molar-refractivity contribution in [2.24, 2.45) is 5.10 Å². The molecule has 1 amide bonds. The molecule has 0 heterocycles. The third kappa shape index (κ3) is 5.31. The van der Waals surface area contributed by atoms with Crippen LogP contribution in [0.3, 0.4) is 0 Å². The predicted octanol–water partition coefficient (Wildman–Crippen LogP) is 5.48. The summed E-state index contributed by atoms with van der Waals surface area (Å²) in [5, 5.41) is 4.58.